The molecule has 194 valence electrons. The summed E-state index contributed by atoms with van der Waals surface area (Å²) in [4.78, 5) is 51.9. The van der Waals surface area contributed by atoms with Gasteiger partial charge in [-0.1, -0.05) is 0 Å². The van der Waals surface area contributed by atoms with Gasteiger partial charge in [-0.3, -0.25) is 24.1 Å². The molecule has 1 heterocycles. The van der Waals surface area contributed by atoms with Crippen LogP contribution in [0.1, 0.15) is 33.6 Å². The molecule has 4 amide bonds. The van der Waals surface area contributed by atoms with E-state index in [0.717, 1.165) is 4.90 Å². The van der Waals surface area contributed by atoms with Crippen LogP contribution in [-0.4, -0.2) is 116 Å². The molecule has 8 N–H and O–H groups in total. The van der Waals surface area contributed by atoms with E-state index < -0.39 is 79.8 Å². The molecule has 0 aromatic heterocycles. The summed E-state index contributed by atoms with van der Waals surface area (Å²) in [5.74, 6) is -3.01. The maximum Gasteiger partial charge on any atom is 0.256 e. The lowest BCUT2D eigenvalue weighted by atomic mass is 9.81. The Labute approximate surface area is 197 Å². The van der Waals surface area contributed by atoms with Gasteiger partial charge in [0.15, 0.2) is 0 Å². The highest BCUT2D eigenvalue weighted by molar-refractivity contribution is 6.18. The molecule has 0 atom stereocenters. The Morgan fingerprint density at radius 2 is 1.06 bits per heavy atom. The molecule has 0 saturated heterocycles. The molecule has 0 radical (unpaired) electrons. The van der Waals surface area contributed by atoms with Crippen molar-refractivity contribution in [1.82, 2.24) is 15.5 Å². The maximum absolute atomic E-state index is 13.2. The highest BCUT2D eigenvalue weighted by atomic mass is 16.3. The first-order chi connectivity index (χ1) is 15.9. The molecule has 0 spiro atoms. The van der Waals surface area contributed by atoms with E-state index >= 15 is 0 Å². The van der Waals surface area contributed by atoms with Gasteiger partial charge in [-0.2, -0.15) is 0 Å². The molecule has 0 aromatic carbocycles. The number of hydrogen-bond acceptors (Lipinski definition) is 10. The van der Waals surface area contributed by atoms with Gasteiger partial charge < -0.3 is 41.3 Å². The van der Waals surface area contributed by atoms with Crippen LogP contribution < -0.4 is 10.6 Å². The van der Waals surface area contributed by atoms with Crippen molar-refractivity contribution in [3.05, 3.63) is 11.1 Å². The van der Waals surface area contributed by atoms with Gasteiger partial charge in [0.2, 0.25) is 11.8 Å². The minimum Gasteiger partial charge on any atom is -0.394 e. The zero-order valence-corrected chi connectivity index (χ0v) is 19.6. The van der Waals surface area contributed by atoms with Gasteiger partial charge in [-0.05, 0) is 33.6 Å². The number of aliphatic hydroxyl groups excluding tert-OH is 6. The van der Waals surface area contributed by atoms with E-state index in [1.54, 1.807) is 0 Å². The summed E-state index contributed by atoms with van der Waals surface area (Å²) in [6.45, 7) is -0.982. The largest absolute Gasteiger partial charge is 0.394 e. The summed E-state index contributed by atoms with van der Waals surface area (Å²) in [5.41, 5.74) is -5.10. The van der Waals surface area contributed by atoms with Gasteiger partial charge in [0, 0.05) is 17.7 Å². The fraction of sp³-hybridized carbons (Fsp3) is 0.714. The average Bonchev–Trinajstić information content (AvgIpc) is 3.03. The lowest BCUT2D eigenvalue weighted by Gasteiger charge is -2.37. The fourth-order valence-electron chi connectivity index (χ4n) is 3.24. The van der Waals surface area contributed by atoms with Crippen LogP contribution in [0.15, 0.2) is 11.1 Å². The molecule has 0 aliphatic carbocycles. The third kappa shape index (κ3) is 5.79. The maximum atomic E-state index is 13.2. The Balaban J connectivity index is 3.19. The number of imide groups is 1. The molecule has 0 aromatic rings. The second kappa shape index (κ2) is 11.8. The summed E-state index contributed by atoms with van der Waals surface area (Å²) in [5, 5.41) is 61.7. The molecule has 0 fully saturated rings. The van der Waals surface area contributed by atoms with Crippen molar-refractivity contribution in [2.45, 2.75) is 44.7 Å². The van der Waals surface area contributed by atoms with Crippen LogP contribution in [0.25, 0.3) is 0 Å². The lowest BCUT2D eigenvalue weighted by Crippen LogP contribution is -2.65. The first-order valence-electron chi connectivity index (χ1n) is 10.7. The molecular weight excluding hydrogens is 454 g/mol. The average molecular weight is 490 g/mol. The Kier molecular flexibility index (Phi) is 10.3. The van der Waals surface area contributed by atoms with Gasteiger partial charge in [0.1, 0.15) is 16.5 Å². The summed E-state index contributed by atoms with van der Waals surface area (Å²) >= 11 is 0. The highest BCUT2D eigenvalue weighted by Gasteiger charge is 2.47. The SMILES string of the molecule is CC1=C(C)C(=O)N(CCCC(C)(C(=O)NC(CO)(CO)CO)C(=O)NC(CO)(CO)CO)C1=O. The first kappa shape index (κ1) is 29.6. The summed E-state index contributed by atoms with van der Waals surface area (Å²) in [7, 11) is 0. The highest BCUT2D eigenvalue weighted by Crippen LogP contribution is 2.28. The lowest BCUT2D eigenvalue weighted by molar-refractivity contribution is -0.148. The fourth-order valence-corrected chi connectivity index (χ4v) is 3.24. The number of hydrogen-bond donors (Lipinski definition) is 8. The number of carbonyl (C=O) groups excluding carboxylic acids is 4. The van der Waals surface area contributed by atoms with Crippen molar-refractivity contribution in [2.24, 2.45) is 5.41 Å². The van der Waals surface area contributed by atoms with Gasteiger partial charge in [-0.25, -0.2) is 0 Å². The third-order valence-electron chi connectivity index (χ3n) is 6.33. The number of rotatable bonds is 14. The van der Waals surface area contributed by atoms with Crippen LogP contribution in [0, 0.1) is 5.41 Å². The van der Waals surface area contributed by atoms with E-state index in [4.69, 9.17) is 0 Å². The van der Waals surface area contributed by atoms with Crippen molar-refractivity contribution in [2.75, 3.05) is 46.2 Å². The van der Waals surface area contributed by atoms with Crippen LogP contribution in [0.4, 0.5) is 0 Å². The normalized spacial score (nSPS) is 15.3. The van der Waals surface area contributed by atoms with Gasteiger partial charge in [0.05, 0.1) is 39.6 Å². The molecule has 1 aliphatic rings. The first-order valence-corrected chi connectivity index (χ1v) is 10.7. The van der Waals surface area contributed by atoms with E-state index in [1.165, 1.54) is 20.8 Å². The summed E-state index contributed by atoms with van der Waals surface area (Å²) < 4.78 is 0. The Morgan fingerprint density at radius 1 is 0.735 bits per heavy atom. The zero-order valence-electron chi connectivity index (χ0n) is 19.6. The predicted molar refractivity (Wildman–Crippen MR) is 117 cm³/mol. The molecule has 1 rings (SSSR count). The number of nitrogens with one attached hydrogen (secondary N) is 2. The Bertz CT molecular complexity index is 743. The smallest absolute Gasteiger partial charge is 0.256 e. The third-order valence-corrected chi connectivity index (χ3v) is 6.33. The molecule has 0 unspecified atom stereocenters. The zero-order chi connectivity index (χ0) is 26.3. The van der Waals surface area contributed by atoms with Crippen LogP contribution in [0.3, 0.4) is 0 Å². The second-order valence-electron chi connectivity index (χ2n) is 8.87. The minimum atomic E-state index is -1.99. The van der Waals surface area contributed by atoms with Gasteiger partial charge >= 0.3 is 0 Å². The summed E-state index contributed by atoms with van der Waals surface area (Å²) in [6.07, 6.45) is -0.263. The van der Waals surface area contributed by atoms with E-state index in [1.807, 2.05) is 0 Å². The number of nitrogens with zero attached hydrogens (tertiary/aromatic N) is 1. The monoisotopic (exact) mass is 489 g/mol. The van der Waals surface area contributed by atoms with Gasteiger partial charge in [0.25, 0.3) is 11.8 Å². The van der Waals surface area contributed by atoms with E-state index in [9.17, 15) is 49.8 Å². The Morgan fingerprint density at radius 3 is 1.35 bits per heavy atom. The summed E-state index contributed by atoms with van der Waals surface area (Å²) in [6, 6.07) is 0. The molecular formula is C21H35N3O10. The molecule has 0 saturated carbocycles. The standard InChI is InChI=1S/C21H35N3O10/c1-13-14(2)16(32)24(15(13)31)6-4-5-19(3,17(33)22-20(7-25,8-26)9-27)18(34)23-21(10-28,11-29)12-30/h25-30H,4-12H2,1-3H3,(H,22,33)(H,23,34). The predicted octanol–water partition coefficient (Wildman–Crippen LogP) is -3.86. The number of amides is 4. The molecule has 13 heteroatoms. The van der Waals surface area contributed by atoms with Crippen LogP contribution in [-0.2, 0) is 19.2 Å². The van der Waals surface area contributed by atoms with E-state index in [0.29, 0.717) is 11.1 Å². The topological polar surface area (TPSA) is 217 Å². The van der Waals surface area contributed by atoms with E-state index in [-0.39, 0.29) is 19.4 Å². The van der Waals surface area contributed by atoms with Crippen molar-refractivity contribution >= 4 is 23.6 Å². The number of aliphatic hydroxyl groups is 6. The van der Waals surface area contributed by atoms with Crippen LogP contribution in [0.2, 0.25) is 0 Å². The van der Waals surface area contributed by atoms with Gasteiger partial charge in [-0.15, -0.1) is 0 Å². The minimum absolute atomic E-state index is 0.00979. The van der Waals surface area contributed by atoms with Crippen molar-refractivity contribution in [3.63, 3.8) is 0 Å². The second-order valence-corrected chi connectivity index (χ2v) is 8.87. The van der Waals surface area contributed by atoms with Crippen molar-refractivity contribution in [1.29, 1.82) is 0 Å². The molecule has 1 aliphatic heterocycles. The van der Waals surface area contributed by atoms with Crippen molar-refractivity contribution < 1.29 is 49.8 Å². The quantitative estimate of drug-likeness (QED) is 0.0877. The number of carbonyl (C=O) groups is 4. The van der Waals surface area contributed by atoms with E-state index in [2.05, 4.69) is 10.6 Å². The molecule has 13 nitrogen and oxygen atoms in total. The van der Waals surface area contributed by atoms with Crippen LogP contribution in [0.5, 0.6) is 0 Å². The molecule has 34 heavy (non-hydrogen) atoms. The molecule has 0 bridgehead atoms. The van der Waals surface area contributed by atoms with Crippen LogP contribution >= 0.6 is 0 Å². The van der Waals surface area contributed by atoms with Crippen molar-refractivity contribution in [3.8, 4) is 0 Å². The Hall–Kier alpha value is -2.42.